The molecule has 6 nitrogen and oxygen atoms in total. The zero-order valence-corrected chi connectivity index (χ0v) is 15.0. The van der Waals surface area contributed by atoms with Crippen LogP contribution in [0.2, 0.25) is 5.02 Å². The minimum absolute atomic E-state index is 0.227. The monoisotopic (exact) mass is 350 g/mol. The molecule has 130 valence electrons. The average Bonchev–Trinajstić information content (AvgIpc) is 3.00. The van der Waals surface area contributed by atoms with Gasteiger partial charge >= 0.3 is 0 Å². The molecular weight excluding hydrogens is 328 g/mol. The van der Waals surface area contributed by atoms with E-state index in [0.29, 0.717) is 16.5 Å². The van der Waals surface area contributed by atoms with E-state index in [0.717, 1.165) is 37.6 Å². The molecule has 0 spiro atoms. The lowest BCUT2D eigenvalue weighted by Gasteiger charge is -2.35. The van der Waals surface area contributed by atoms with E-state index in [1.165, 1.54) is 0 Å². The number of imidazole rings is 1. The Hall–Kier alpha value is -1.76. The number of nitrogens with zero attached hydrogens (tertiary/aromatic N) is 3. The summed E-state index contributed by atoms with van der Waals surface area (Å²) >= 11 is 6.34. The van der Waals surface area contributed by atoms with Crippen LogP contribution in [0.4, 0.5) is 0 Å². The van der Waals surface area contributed by atoms with Gasteiger partial charge in [0.25, 0.3) is 0 Å². The number of ether oxygens (including phenoxy) is 2. The van der Waals surface area contributed by atoms with Crippen LogP contribution in [-0.4, -0.2) is 48.3 Å². The van der Waals surface area contributed by atoms with Gasteiger partial charge < -0.3 is 19.4 Å². The third kappa shape index (κ3) is 3.36. The van der Waals surface area contributed by atoms with Crippen molar-refractivity contribution in [2.75, 3.05) is 33.9 Å². The first-order chi connectivity index (χ1) is 11.6. The van der Waals surface area contributed by atoms with Crippen molar-refractivity contribution in [3.05, 3.63) is 40.9 Å². The van der Waals surface area contributed by atoms with Crippen LogP contribution in [0.15, 0.2) is 24.5 Å². The van der Waals surface area contributed by atoms with Crippen LogP contribution < -0.4 is 14.8 Å². The van der Waals surface area contributed by atoms with Crippen molar-refractivity contribution in [3.8, 4) is 11.5 Å². The highest BCUT2D eigenvalue weighted by Crippen LogP contribution is 2.37. The summed E-state index contributed by atoms with van der Waals surface area (Å²) in [6.45, 7) is 3.57. The zero-order valence-electron chi connectivity index (χ0n) is 14.3. The van der Waals surface area contributed by atoms with Crippen LogP contribution in [0.1, 0.15) is 17.4 Å². The quantitative estimate of drug-likeness (QED) is 0.896. The molecule has 0 radical (unpaired) electrons. The molecule has 0 saturated carbocycles. The normalized spacial score (nSPS) is 18.6. The Bertz CT molecular complexity index is 704. The molecule has 1 saturated heterocycles. The highest BCUT2D eigenvalue weighted by molar-refractivity contribution is 6.32. The van der Waals surface area contributed by atoms with Crippen molar-refractivity contribution in [2.45, 2.75) is 12.6 Å². The summed E-state index contributed by atoms with van der Waals surface area (Å²) in [4.78, 5) is 6.93. The third-order valence-corrected chi connectivity index (χ3v) is 4.67. The number of hydrogen-bond acceptors (Lipinski definition) is 5. The van der Waals surface area contributed by atoms with Gasteiger partial charge in [-0.05, 0) is 17.7 Å². The van der Waals surface area contributed by atoms with Crippen LogP contribution >= 0.6 is 11.6 Å². The molecule has 1 aromatic carbocycles. The van der Waals surface area contributed by atoms with Crippen LogP contribution in [0.5, 0.6) is 11.5 Å². The number of piperazine rings is 1. The van der Waals surface area contributed by atoms with Gasteiger partial charge in [0.1, 0.15) is 5.82 Å². The molecule has 0 bridgehead atoms. The van der Waals surface area contributed by atoms with Crippen molar-refractivity contribution in [1.82, 2.24) is 19.8 Å². The van der Waals surface area contributed by atoms with Gasteiger partial charge in [-0.15, -0.1) is 0 Å². The fourth-order valence-corrected chi connectivity index (χ4v) is 3.50. The van der Waals surface area contributed by atoms with Crippen molar-refractivity contribution in [1.29, 1.82) is 0 Å². The van der Waals surface area contributed by atoms with E-state index in [2.05, 4.69) is 19.8 Å². The van der Waals surface area contributed by atoms with E-state index in [-0.39, 0.29) is 6.04 Å². The molecule has 7 heteroatoms. The summed E-state index contributed by atoms with van der Waals surface area (Å²) in [5.41, 5.74) is 1.10. The van der Waals surface area contributed by atoms with Crippen molar-refractivity contribution in [2.24, 2.45) is 7.05 Å². The fourth-order valence-electron chi connectivity index (χ4n) is 3.19. The molecule has 1 aromatic heterocycles. The van der Waals surface area contributed by atoms with E-state index in [1.807, 2.05) is 31.6 Å². The molecule has 1 fully saturated rings. The van der Waals surface area contributed by atoms with Crippen LogP contribution in [0.25, 0.3) is 0 Å². The summed E-state index contributed by atoms with van der Waals surface area (Å²) < 4.78 is 12.8. The summed E-state index contributed by atoms with van der Waals surface area (Å²) in [6.07, 6.45) is 3.82. The third-order valence-electron chi connectivity index (χ3n) is 4.39. The predicted octanol–water partition coefficient (Wildman–Crippen LogP) is 2.24. The van der Waals surface area contributed by atoms with E-state index in [9.17, 15) is 0 Å². The van der Waals surface area contributed by atoms with Gasteiger partial charge in [-0.25, -0.2) is 4.98 Å². The Morgan fingerprint density at radius 3 is 2.83 bits per heavy atom. The SMILES string of the molecule is COc1cc(CN2CCNCC2c2nccn2C)cc(Cl)c1OC. The van der Waals surface area contributed by atoms with E-state index in [4.69, 9.17) is 21.1 Å². The van der Waals surface area contributed by atoms with Crippen molar-refractivity contribution < 1.29 is 9.47 Å². The summed E-state index contributed by atoms with van der Waals surface area (Å²) in [5, 5.41) is 4.02. The number of aromatic nitrogens is 2. The zero-order chi connectivity index (χ0) is 17.1. The first kappa shape index (κ1) is 17.1. The Balaban J connectivity index is 1.86. The Morgan fingerprint density at radius 1 is 1.33 bits per heavy atom. The lowest BCUT2D eigenvalue weighted by atomic mass is 10.1. The number of rotatable bonds is 5. The number of nitrogens with one attached hydrogen (secondary N) is 1. The standard InChI is InChI=1S/C17H23ClN4O2/c1-21-6-5-20-17(21)14-10-19-4-7-22(14)11-12-8-13(18)16(24-3)15(9-12)23-2/h5-6,8-9,14,19H,4,7,10-11H2,1-3H3. The van der Waals surface area contributed by atoms with Crippen molar-refractivity contribution >= 4 is 11.6 Å². The van der Waals surface area contributed by atoms with Crippen LogP contribution in [0.3, 0.4) is 0 Å². The Kier molecular flexibility index (Phi) is 5.28. The first-order valence-electron chi connectivity index (χ1n) is 7.96. The smallest absolute Gasteiger partial charge is 0.179 e. The average molecular weight is 351 g/mol. The lowest BCUT2D eigenvalue weighted by Crippen LogP contribution is -2.46. The number of hydrogen-bond donors (Lipinski definition) is 1. The number of benzene rings is 1. The van der Waals surface area contributed by atoms with Crippen LogP contribution in [-0.2, 0) is 13.6 Å². The minimum atomic E-state index is 0.227. The molecule has 0 aliphatic carbocycles. The van der Waals surface area contributed by atoms with Gasteiger partial charge in [-0.1, -0.05) is 11.6 Å². The molecule has 2 aromatic rings. The Labute approximate surface area is 147 Å². The fraction of sp³-hybridized carbons (Fsp3) is 0.471. The number of methoxy groups -OCH3 is 2. The highest BCUT2D eigenvalue weighted by atomic mass is 35.5. The number of halogens is 1. The molecule has 1 aliphatic heterocycles. The lowest BCUT2D eigenvalue weighted by molar-refractivity contribution is 0.144. The maximum Gasteiger partial charge on any atom is 0.179 e. The minimum Gasteiger partial charge on any atom is -0.493 e. The second-order valence-electron chi connectivity index (χ2n) is 5.90. The molecule has 1 atom stereocenters. The maximum atomic E-state index is 6.34. The second kappa shape index (κ2) is 7.42. The molecule has 1 N–H and O–H groups in total. The van der Waals surface area contributed by atoms with Gasteiger partial charge in [-0.2, -0.15) is 0 Å². The van der Waals surface area contributed by atoms with E-state index < -0.39 is 0 Å². The molecule has 1 aliphatic rings. The van der Waals surface area contributed by atoms with E-state index >= 15 is 0 Å². The highest BCUT2D eigenvalue weighted by Gasteiger charge is 2.27. The molecular formula is C17H23ClN4O2. The second-order valence-corrected chi connectivity index (χ2v) is 6.31. The summed E-state index contributed by atoms with van der Waals surface area (Å²) in [7, 11) is 5.25. The van der Waals surface area contributed by atoms with Gasteiger partial charge in [0.15, 0.2) is 11.5 Å². The number of aryl methyl sites for hydroxylation is 1. The predicted molar refractivity (Wildman–Crippen MR) is 93.8 cm³/mol. The largest absolute Gasteiger partial charge is 0.493 e. The van der Waals surface area contributed by atoms with Gasteiger partial charge in [0.05, 0.1) is 25.3 Å². The molecule has 0 amide bonds. The molecule has 2 heterocycles. The molecule has 24 heavy (non-hydrogen) atoms. The summed E-state index contributed by atoms with van der Waals surface area (Å²) in [6, 6.07) is 4.16. The van der Waals surface area contributed by atoms with E-state index in [1.54, 1.807) is 14.2 Å². The van der Waals surface area contributed by atoms with Crippen molar-refractivity contribution in [3.63, 3.8) is 0 Å². The van der Waals surface area contributed by atoms with Gasteiger partial charge in [0.2, 0.25) is 0 Å². The maximum absolute atomic E-state index is 6.34. The summed E-state index contributed by atoms with van der Waals surface area (Å²) in [5.74, 6) is 2.29. The van der Waals surface area contributed by atoms with Crippen LogP contribution in [0, 0.1) is 0 Å². The first-order valence-corrected chi connectivity index (χ1v) is 8.34. The van der Waals surface area contributed by atoms with Gasteiger partial charge in [-0.3, -0.25) is 4.90 Å². The van der Waals surface area contributed by atoms with Gasteiger partial charge in [0, 0.05) is 45.6 Å². The molecule has 1 unspecified atom stereocenters. The topological polar surface area (TPSA) is 51.5 Å². The Morgan fingerprint density at radius 2 is 2.17 bits per heavy atom. The molecule has 3 rings (SSSR count).